The molecule has 16 heavy (non-hydrogen) atoms. The van der Waals surface area contributed by atoms with Crippen LogP contribution in [0, 0.1) is 0 Å². The van der Waals surface area contributed by atoms with Crippen LogP contribution >= 0.6 is 0 Å². The lowest BCUT2D eigenvalue weighted by molar-refractivity contribution is -0.0789. The predicted octanol–water partition coefficient (Wildman–Crippen LogP) is 1.67. The summed E-state index contributed by atoms with van der Waals surface area (Å²) >= 11 is 0. The SMILES string of the molecule is CCOCOC1CCN(c2cccnc2)C1. The van der Waals surface area contributed by atoms with Crippen LogP contribution in [0.2, 0.25) is 0 Å². The van der Waals surface area contributed by atoms with Gasteiger partial charge in [0.2, 0.25) is 0 Å². The maximum absolute atomic E-state index is 5.61. The second kappa shape index (κ2) is 5.82. The highest BCUT2D eigenvalue weighted by Gasteiger charge is 2.23. The third-order valence-corrected chi connectivity index (χ3v) is 2.75. The van der Waals surface area contributed by atoms with Gasteiger partial charge in [0.25, 0.3) is 0 Å². The van der Waals surface area contributed by atoms with Crippen molar-refractivity contribution in [3.05, 3.63) is 24.5 Å². The van der Waals surface area contributed by atoms with E-state index in [4.69, 9.17) is 9.47 Å². The van der Waals surface area contributed by atoms with E-state index in [1.54, 1.807) is 6.20 Å². The molecule has 0 saturated carbocycles. The monoisotopic (exact) mass is 222 g/mol. The van der Waals surface area contributed by atoms with E-state index in [0.29, 0.717) is 13.4 Å². The summed E-state index contributed by atoms with van der Waals surface area (Å²) in [7, 11) is 0. The number of ether oxygens (including phenoxy) is 2. The fraction of sp³-hybridized carbons (Fsp3) is 0.583. The summed E-state index contributed by atoms with van der Waals surface area (Å²) in [5, 5.41) is 0. The molecular weight excluding hydrogens is 204 g/mol. The first-order valence-corrected chi connectivity index (χ1v) is 5.74. The Bertz CT molecular complexity index is 305. The van der Waals surface area contributed by atoms with Gasteiger partial charge < -0.3 is 14.4 Å². The molecule has 1 aromatic heterocycles. The normalized spacial score (nSPS) is 20.3. The lowest BCUT2D eigenvalue weighted by Gasteiger charge is -2.17. The summed E-state index contributed by atoms with van der Waals surface area (Å²) in [5.41, 5.74) is 1.17. The van der Waals surface area contributed by atoms with Crippen molar-refractivity contribution in [2.24, 2.45) is 0 Å². The van der Waals surface area contributed by atoms with Crippen LogP contribution in [-0.2, 0) is 9.47 Å². The molecule has 1 saturated heterocycles. The molecule has 1 fully saturated rings. The van der Waals surface area contributed by atoms with E-state index in [0.717, 1.165) is 19.5 Å². The van der Waals surface area contributed by atoms with Gasteiger partial charge in [-0.1, -0.05) is 0 Å². The van der Waals surface area contributed by atoms with E-state index >= 15 is 0 Å². The highest BCUT2D eigenvalue weighted by atomic mass is 16.7. The van der Waals surface area contributed by atoms with Gasteiger partial charge in [-0.25, -0.2) is 0 Å². The Morgan fingerprint density at radius 3 is 3.25 bits per heavy atom. The Balaban J connectivity index is 1.79. The molecule has 0 aliphatic carbocycles. The minimum atomic E-state index is 0.284. The minimum Gasteiger partial charge on any atom is -0.368 e. The van der Waals surface area contributed by atoms with Gasteiger partial charge in [0.1, 0.15) is 6.79 Å². The number of hydrogen-bond acceptors (Lipinski definition) is 4. The smallest absolute Gasteiger partial charge is 0.147 e. The molecule has 1 aliphatic rings. The quantitative estimate of drug-likeness (QED) is 0.560. The van der Waals surface area contributed by atoms with Crippen molar-refractivity contribution in [1.82, 2.24) is 4.98 Å². The average molecular weight is 222 g/mol. The van der Waals surface area contributed by atoms with Gasteiger partial charge in [-0.05, 0) is 25.5 Å². The van der Waals surface area contributed by atoms with E-state index in [1.807, 2.05) is 19.2 Å². The zero-order valence-electron chi connectivity index (χ0n) is 9.63. The molecule has 0 spiro atoms. The predicted molar refractivity (Wildman–Crippen MR) is 62.4 cm³/mol. The van der Waals surface area contributed by atoms with Crippen molar-refractivity contribution in [2.75, 3.05) is 31.4 Å². The number of rotatable bonds is 5. The van der Waals surface area contributed by atoms with Crippen molar-refractivity contribution in [1.29, 1.82) is 0 Å². The third-order valence-electron chi connectivity index (χ3n) is 2.75. The Hall–Kier alpha value is -1.13. The zero-order chi connectivity index (χ0) is 11.2. The molecule has 4 heteroatoms. The Kier molecular flexibility index (Phi) is 4.13. The molecule has 88 valence electrons. The van der Waals surface area contributed by atoms with Crippen LogP contribution in [0.3, 0.4) is 0 Å². The third kappa shape index (κ3) is 2.93. The summed E-state index contributed by atoms with van der Waals surface area (Å²) in [4.78, 5) is 6.42. The molecule has 0 radical (unpaired) electrons. The van der Waals surface area contributed by atoms with Gasteiger partial charge in [0.05, 0.1) is 18.0 Å². The van der Waals surface area contributed by atoms with Crippen LogP contribution in [0.1, 0.15) is 13.3 Å². The van der Waals surface area contributed by atoms with Gasteiger partial charge in [-0.3, -0.25) is 4.98 Å². The lowest BCUT2D eigenvalue weighted by Crippen LogP contribution is -2.23. The second-order valence-electron chi connectivity index (χ2n) is 3.85. The number of nitrogens with zero attached hydrogens (tertiary/aromatic N) is 2. The summed E-state index contributed by atoms with van der Waals surface area (Å²) in [6.07, 6.45) is 5.03. The van der Waals surface area contributed by atoms with E-state index < -0.39 is 0 Å². The molecule has 4 nitrogen and oxygen atoms in total. The van der Waals surface area contributed by atoms with Crippen LogP contribution in [0.4, 0.5) is 5.69 Å². The van der Waals surface area contributed by atoms with Crippen LogP contribution in [0.15, 0.2) is 24.5 Å². The molecule has 1 unspecified atom stereocenters. The zero-order valence-corrected chi connectivity index (χ0v) is 9.63. The van der Waals surface area contributed by atoms with Crippen LogP contribution < -0.4 is 4.90 Å². The summed E-state index contributed by atoms with van der Waals surface area (Å²) < 4.78 is 10.8. The first-order chi connectivity index (χ1) is 7.90. The summed E-state index contributed by atoms with van der Waals surface area (Å²) in [6.45, 7) is 5.04. The van der Waals surface area contributed by atoms with E-state index in [1.165, 1.54) is 5.69 Å². The van der Waals surface area contributed by atoms with Crippen LogP contribution in [0.25, 0.3) is 0 Å². The van der Waals surface area contributed by atoms with Crippen molar-refractivity contribution in [3.63, 3.8) is 0 Å². The molecule has 0 N–H and O–H groups in total. The van der Waals surface area contributed by atoms with E-state index in [-0.39, 0.29) is 6.10 Å². The van der Waals surface area contributed by atoms with Crippen molar-refractivity contribution < 1.29 is 9.47 Å². The minimum absolute atomic E-state index is 0.284. The fourth-order valence-corrected chi connectivity index (χ4v) is 1.87. The first-order valence-electron chi connectivity index (χ1n) is 5.74. The van der Waals surface area contributed by atoms with Crippen LogP contribution in [-0.4, -0.2) is 37.6 Å². The maximum atomic E-state index is 5.61. The van der Waals surface area contributed by atoms with E-state index in [9.17, 15) is 0 Å². The highest BCUT2D eigenvalue weighted by Crippen LogP contribution is 2.20. The largest absolute Gasteiger partial charge is 0.368 e. The van der Waals surface area contributed by atoms with Gasteiger partial charge >= 0.3 is 0 Å². The van der Waals surface area contributed by atoms with Crippen molar-refractivity contribution in [2.45, 2.75) is 19.4 Å². The van der Waals surface area contributed by atoms with Gasteiger partial charge in [0, 0.05) is 25.9 Å². The van der Waals surface area contributed by atoms with Crippen LogP contribution in [0.5, 0.6) is 0 Å². The van der Waals surface area contributed by atoms with E-state index in [2.05, 4.69) is 16.0 Å². The molecule has 2 rings (SSSR count). The fourth-order valence-electron chi connectivity index (χ4n) is 1.87. The number of hydrogen-bond donors (Lipinski definition) is 0. The van der Waals surface area contributed by atoms with Crippen molar-refractivity contribution in [3.8, 4) is 0 Å². The summed E-state index contributed by atoms with van der Waals surface area (Å²) in [6, 6.07) is 4.04. The molecule has 0 aromatic carbocycles. The summed E-state index contributed by atoms with van der Waals surface area (Å²) in [5.74, 6) is 0. The van der Waals surface area contributed by atoms with Gasteiger partial charge in [0.15, 0.2) is 0 Å². The molecule has 1 aromatic rings. The Labute approximate surface area is 96.2 Å². The second-order valence-corrected chi connectivity index (χ2v) is 3.85. The Morgan fingerprint density at radius 1 is 1.56 bits per heavy atom. The first kappa shape index (κ1) is 11.4. The van der Waals surface area contributed by atoms with Gasteiger partial charge in [-0.15, -0.1) is 0 Å². The average Bonchev–Trinajstić information content (AvgIpc) is 2.79. The molecule has 0 bridgehead atoms. The Morgan fingerprint density at radius 2 is 2.50 bits per heavy atom. The molecule has 2 heterocycles. The van der Waals surface area contributed by atoms with Gasteiger partial charge in [-0.2, -0.15) is 0 Å². The number of pyridine rings is 1. The molecule has 1 aliphatic heterocycles. The molecule has 1 atom stereocenters. The molecular formula is C12H18N2O2. The molecule has 0 amide bonds. The highest BCUT2D eigenvalue weighted by molar-refractivity contribution is 5.44. The van der Waals surface area contributed by atoms with Crippen molar-refractivity contribution >= 4 is 5.69 Å². The standard InChI is InChI=1S/C12H18N2O2/c1-2-15-10-16-12-5-7-14(9-12)11-4-3-6-13-8-11/h3-4,6,8,12H,2,5,7,9-10H2,1H3. The number of aromatic nitrogens is 1. The lowest BCUT2D eigenvalue weighted by atomic mass is 10.3. The topological polar surface area (TPSA) is 34.6 Å². The number of anilines is 1. The maximum Gasteiger partial charge on any atom is 0.147 e.